The van der Waals surface area contributed by atoms with Gasteiger partial charge in [0.15, 0.2) is 6.61 Å². The van der Waals surface area contributed by atoms with E-state index in [1.807, 2.05) is 13.0 Å². The average molecular weight is 292 g/mol. The number of nitrogens with zero attached hydrogens (tertiary/aromatic N) is 1. The zero-order chi connectivity index (χ0) is 14.8. The minimum absolute atomic E-state index is 0.201. The van der Waals surface area contributed by atoms with E-state index in [1.165, 1.54) is 11.3 Å². The van der Waals surface area contributed by atoms with Crippen molar-refractivity contribution in [2.24, 2.45) is 5.92 Å². The van der Waals surface area contributed by atoms with Crippen molar-refractivity contribution in [3.05, 3.63) is 21.9 Å². The van der Waals surface area contributed by atoms with Gasteiger partial charge in [0.05, 0.1) is 6.07 Å². The van der Waals surface area contributed by atoms with Gasteiger partial charge in [-0.3, -0.25) is 4.79 Å². The first-order valence-electron chi connectivity index (χ1n) is 6.40. The molecule has 1 amide bonds. The minimum Gasteiger partial charge on any atom is -0.451 e. The quantitative estimate of drug-likeness (QED) is 0.842. The molecule has 106 valence electrons. The molecule has 0 saturated heterocycles. The Bertz CT molecular complexity index is 571. The third kappa shape index (κ3) is 3.36. The predicted molar refractivity (Wildman–Crippen MR) is 74.2 cm³/mol. The molecule has 1 atom stereocenters. The van der Waals surface area contributed by atoms with Gasteiger partial charge in [-0.15, -0.1) is 11.3 Å². The van der Waals surface area contributed by atoms with E-state index in [-0.39, 0.29) is 12.5 Å². The fraction of sp³-hybridized carbons (Fsp3) is 0.500. The first-order valence-corrected chi connectivity index (χ1v) is 7.22. The van der Waals surface area contributed by atoms with Gasteiger partial charge in [-0.05, 0) is 44.7 Å². The summed E-state index contributed by atoms with van der Waals surface area (Å²) in [6.45, 7) is 3.23. The van der Waals surface area contributed by atoms with Crippen molar-refractivity contribution in [1.29, 1.82) is 5.26 Å². The number of carbonyl (C=O) groups excluding carboxylic acids is 2. The molecule has 1 heterocycles. The number of carbonyl (C=O) groups is 2. The Morgan fingerprint density at radius 2 is 2.25 bits per heavy atom. The van der Waals surface area contributed by atoms with E-state index in [1.54, 1.807) is 13.0 Å². The van der Waals surface area contributed by atoms with Crippen LogP contribution in [-0.2, 0) is 9.53 Å². The summed E-state index contributed by atoms with van der Waals surface area (Å²) in [5, 5.41) is 11.8. The van der Waals surface area contributed by atoms with Gasteiger partial charge >= 0.3 is 5.97 Å². The molecule has 0 bridgehead atoms. The van der Waals surface area contributed by atoms with Crippen LogP contribution in [0.2, 0.25) is 0 Å². The lowest BCUT2D eigenvalue weighted by Gasteiger charge is -2.22. The van der Waals surface area contributed by atoms with E-state index in [4.69, 9.17) is 10.00 Å². The summed E-state index contributed by atoms with van der Waals surface area (Å²) < 4.78 is 4.94. The maximum atomic E-state index is 11.8. The lowest BCUT2D eigenvalue weighted by atomic mass is 9.98. The van der Waals surface area contributed by atoms with Crippen LogP contribution in [0.25, 0.3) is 0 Å². The molecule has 1 aromatic heterocycles. The normalized spacial score (nSPS) is 16.9. The van der Waals surface area contributed by atoms with Crippen LogP contribution in [-0.4, -0.2) is 24.0 Å². The molecule has 0 aromatic carbocycles. The van der Waals surface area contributed by atoms with Crippen LogP contribution in [0.15, 0.2) is 12.1 Å². The maximum absolute atomic E-state index is 11.8. The van der Waals surface area contributed by atoms with E-state index < -0.39 is 17.4 Å². The second-order valence-corrected chi connectivity index (χ2v) is 6.41. The summed E-state index contributed by atoms with van der Waals surface area (Å²) in [6, 6.07) is 5.61. The zero-order valence-corrected chi connectivity index (χ0v) is 12.3. The number of hydrogen-bond donors (Lipinski definition) is 1. The fourth-order valence-electron chi connectivity index (χ4n) is 1.95. The Morgan fingerprint density at radius 1 is 1.55 bits per heavy atom. The molecule has 1 fully saturated rings. The van der Waals surface area contributed by atoms with Crippen molar-refractivity contribution in [2.45, 2.75) is 32.2 Å². The standard InChI is InChI=1S/C14H16N2O3S/c1-9-3-6-11(20-9)13(18)19-7-12(17)16-14(2,8-15)10-4-5-10/h3,6,10H,4-5,7H2,1-2H3,(H,16,17)/t14-/m0/s1. The number of ether oxygens (including phenoxy) is 1. The maximum Gasteiger partial charge on any atom is 0.348 e. The van der Waals surface area contributed by atoms with Crippen molar-refractivity contribution in [1.82, 2.24) is 5.32 Å². The van der Waals surface area contributed by atoms with E-state index in [0.717, 1.165) is 17.7 Å². The number of amides is 1. The van der Waals surface area contributed by atoms with Crippen molar-refractivity contribution >= 4 is 23.2 Å². The lowest BCUT2D eigenvalue weighted by molar-refractivity contribution is -0.125. The molecular weight excluding hydrogens is 276 g/mol. The molecule has 5 nitrogen and oxygen atoms in total. The molecule has 0 spiro atoms. The number of aryl methyl sites for hydroxylation is 1. The van der Waals surface area contributed by atoms with Crippen LogP contribution in [0.1, 0.15) is 34.3 Å². The second kappa shape index (κ2) is 5.63. The SMILES string of the molecule is Cc1ccc(C(=O)OCC(=O)N[C@@](C)(C#N)C2CC2)s1. The Kier molecular flexibility index (Phi) is 4.09. The first kappa shape index (κ1) is 14.5. The molecule has 0 unspecified atom stereocenters. The monoisotopic (exact) mass is 292 g/mol. The summed E-state index contributed by atoms with van der Waals surface area (Å²) in [6.07, 6.45) is 1.89. The molecule has 1 saturated carbocycles. The summed E-state index contributed by atoms with van der Waals surface area (Å²) in [5.74, 6) is -0.752. The molecule has 6 heteroatoms. The Morgan fingerprint density at radius 3 is 2.75 bits per heavy atom. The molecule has 0 radical (unpaired) electrons. The van der Waals surface area contributed by atoms with Gasteiger partial charge in [-0.2, -0.15) is 5.26 Å². The van der Waals surface area contributed by atoms with Crippen LogP contribution < -0.4 is 5.32 Å². The van der Waals surface area contributed by atoms with Gasteiger partial charge in [-0.25, -0.2) is 4.79 Å². The van der Waals surface area contributed by atoms with Crippen LogP contribution in [0, 0.1) is 24.2 Å². The number of nitriles is 1. The van der Waals surface area contributed by atoms with Crippen molar-refractivity contribution in [3.8, 4) is 6.07 Å². The highest BCUT2D eigenvalue weighted by molar-refractivity contribution is 7.13. The number of esters is 1. The Balaban J connectivity index is 1.83. The van der Waals surface area contributed by atoms with Crippen LogP contribution in [0.4, 0.5) is 0 Å². The van der Waals surface area contributed by atoms with Gasteiger partial charge in [0.25, 0.3) is 5.91 Å². The van der Waals surface area contributed by atoms with Gasteiger partial charge in [-0.1, -0.05) is 0 Å². The third-order valence-corrected chi connectivity index (χ3v) is 4.28. The number of nitrogens with one attached hydrogen (secondary N) is 1. The highest BCUT2D eigenvalue weighted by Gasteiger charge is 2.43. The molecular formula is C14H16N2O3S. The van der Waals surface area contributed by atoms with Crippen molar-refractivity contribution < 1.29 is 14.3 Å². The number of rotatable bonds is 5. The third-order valence-electron chi connectivity index (χ3n) is 3.30. The van der Waals surface area contributed by atoms with E-state index in [2.05, 4.69) is 11.4 Å². The van der Waals surface area contributed by atoms with Gasteiger partial charge in [0.1, 0.15) is 10.4 Å². The first-order chi connectivity index (χ1) is 9.44. The number of hydrogen-bond acceptors (Lipinski definition) is 5. The fourth-order valence-corrected chi connectivity index (χ4v) is 2.72. The average Bonchev–Trinajstić information content (AvgIpc) is 3.19. The van der Waals surface area contributed by atoms with Crippen molar-refractivity contribution in [2.75, 3.05) is 6.61 Å². The van der Waals surface area contributed by atoms with Gasteiger partial charge in [0, 0.05) is 4.88 Å². The summed E-state index contributed by atoms with van der Waals surface area (Å²) in [4.78, 5) is 24.9. The molecule has 1 N–H and O–H groups in total. The van der Waals surface area contributed by atoms with Gasteiger partial charge < -0.3 is 10.1 Å². The zero-order valence-electron chi connectivity index (χ0n) is 11.4. The predicted octanol–water partition coefficient (Wildman–Crippen LogP) is 2.02. The largest absolute Gasteiger partial charge is 0.451 e. The smallest absolute Gasteiger partial charge is 0.348 e. The van der Waals surface area contributed by atoms with E-state index in [9.17, 15) is 9.59 Å². The minimum atomic E-state index is -0.858. The summed E-state index contributed by atoms with van der Waals surface area (Å²) in [7, 11) is 0. The highest BCUT2D eigenvalue weighted by Crippen LogP contribution is 2.39. The van der Waals surface area contributed by atoms with Crippen molar-refractivity contribution in [3.63, 3.8) is 0 Å². The lowest BCUT2D eigenvalue weighted by Crippen LogP contribution is -2.48. The molecule has 2 rings (SSSR count). The van der Waals surface area contributed by atoms with Crippen LogP contribution in [0.5, 0.6) is 0 Å². The Hall–Kier alpha value is -1.87. The molecule has 20 heavy (non-hydrogen) atoms. The highest BCUT2D eigenvalue weighted by atomic mass is 32.1. The van der Waals surface area contributed by atoms with Crippen LogP contribution >= 0.6 is 11.3 Å². The molecule has 0 aliphatic heterocycles. The summed E-state index contributed by atoms with van der Waals surface area (Å²) in [5.41, 5.74) is -0.858. The molecule has 1 aliphatic carbocycles. The van der Waals surface area contributed by atoms with E-state index in [0.29, 0.717) is 4.88 Å². The topological polar surface area (TPSA) is 79.2 Å². The molecule has 1 aromatic rings. The van der Waals surface area contributed by atoms with Crippen LogP contribution in [0.3, 0.4) is 0 Å². The van der Waals surface area contributed by atoms with Gasteiger partial charge in [0.2, 0.25) is 0 Å². The molecule has 1 aliphatic rings. The second-order valence-electron chi connectivity index (χ2n) is 5.12. The Labute approximate surface area is 121 Å². The van der Waals surface area contributed by atoms with E-state index >= 15 is 0 Å². The summed E-state index contributed by atoms with van der Waals surface area (Å²) >= 11 is 1.32. The number of thiophene rings is 1.